The molecule has 1 fully saturated rings. The Labute approximate surface area is 98.6 Å². The standard InChI is InChI=1S/C12H25N3O/c1-3-10-4-6-15(11(8-10)9-13)7-5-12(16)14-2/h10-11H,3-9,13H2,1-2H3,(H,14,16). The number of likely N-dealkylation sites (tertiary alicyclic amines) is 1. The van der Waals surface area contributed by atoms with Crippen LogP contribution < -0.4 is 11.1 Å². The van der Waals surface area contributed by atoms with E-state index in [4.69, 9.17) is 5.73 Å². The van der Waals surface area contributed by atoms with Gasteiger partial charge in [0, 0.05) is 32.6 Å². The molecule has 0 radical (unpaired) electrons. The number of nitrogens with zero attached hydrogens (tertiary/aromatic N) is 1. The smallest absolute Gasteiger partial charge is 0.221 e. The molecule has 0 bridgehead atoms. The minimum absolute atomic E-state index is 0.119. The van der Waals surface area contributed by atoms with Crippen LogP contribution in [-0.4, -0.2) is 43.5 Å². The second-order valence-electron chi connectivity index (χ2n) is 4.65. The Hall–Kier alpha value is -0.610. The molecule has 94 valence electrons. The summed E-state index contributed by atoms with van der Waals surface area (Å²) in [5, 5.41) is 2.66. The van der Waals surface area contributed by atoms with Crippen LogP contribution in [-0.2, 0) is 4.79 Å². The quantitative estimate of drug-likeness (QED) is 0.722. The summed E-state index contributed by atoms with van der Waals surface area (Å²) in [5.74, 6) is 0.943. The largest absolute Gasteiger partial charge is 0.359 e. The average Bonchev–Trinajstić information content (AvgIpc) is 2.35. The molecule has 4 heteroatoms. The van der Waals surface area contributed by atoms with E-state index in [2.05, 4.69) is 17.1 Å². The van der Waals surface area contributed by atoms with Crippen molar-refractivity contribution in [3.05, 3.63) is 0 Å². The second-order valence-corrected chi connectivity index (χ2v) is 4.65. The Morgan fingerprint density at radius 2 is 2.31 bits per heavy atom. The van der Waals surface area contributed by atoms with E-state index >= 15 is 0 Å². The van der Waals surface area contributed by atoms with Crippen molar-refractivity contribution in [2.24, 2.45) is 11.7 Å². The highest BCUT2D eigenvalue weighted by Gasteiger charge is 2.26. The normalized spacial score (nSPS) is 26.7. The predicted octanol–water partition coefficient (Wildman–Crippen LogP) is 0.572. The minimum atomic E-state index is 0.119. The molecule has 2 unspecified atom stereocenters. The molecule has 1 amide bonds. The molecule has 4 nitrogen and oxygen atoms in total. The maximum absolute atomic E-state index is 11.2. The van der Waals surface area contributed by atoms with Crippen LogP contribution in [0, 0.1) is 5.92 Å². The van der Waals surface area contributed by atoms with Crippen LogP contribution in [0.5, 0.6) is 0 Å². The van der Waals surface area contributed by atoms with Crippen molar-refractivity contribution in [3.63, 3.8) is 0 Å². The molecule has 1 aliphatic rings. The third-order valence-corrected chi connectivity index (χ3v) is 3.70. The molecular weight excluding hydrogens is 202 g/mol. The number of rotatable bonds is 5. The van der Waals surface area contributed by atoms with Crippen LogP contribution in [0.15, 0.2) is 0 Å². The van der Waals surface area contributed by atoms with Gasteiger partial charge in [-0.1, -0.05) is 13.3 Å². The lowest BCUT2D eigenvalue weighted by atomic mass is 9.89. The van der Waals surface area contributed by atoms with Gasteiger partial charge in [-0.3, -0.25) is 9.69 Å². The molecule has 0 aromatic carbocycles. The first-order valence-electron chi connectivity index (χ1n) is 6.35. The van der Waals surface area contributed by atoms with Crippen molar-refractivity contribution in [2.45, 2.75) is 38.6 Å². The van der Waals surface area contributed by atoms with Crippen molar-refractivity contribution in [2.75, 3.05) is 26.7 Å². The number of carbonyl (C=O) groups is 1. The molecule has 2 atom stereocenters. The molecular formula is C12H25N3O. The molecule has 1 rings (SSSR count). The van der Waals surface area contributed by atoms with E-state index in [1.165, 1.54) is 19.3 Å². The van der Waals surface area contributed by atoms with Gasteiger partial charge in [0.05, 0.1) is 0 Å². The Balaban J connectivity index is 2.38. The summed E-state index contributed by atoms with van der Waals surface area (Å²) in [7, 11) is 1.69. The van der Waals surface area contributed by atoms with Gasteiger partial charge in [0.2, 0.25) is 5.91 Å². The number of piperidine rings is 1. The highest BCUT2D eigenvalue weighted by molar-refractivity contribution is 5.75. The van der Waals surface area contributed by atoms with E-state index in [-0.39, 0.29) is 5.91 Å². The maximum atomic E-state index is 11.2. The fraction of sp³-hybridized carbons (Fsp3) is 0.917. The van der Waals surface area contributed by atoms with Gasteiger partial charge >= 0.3 is 0 Å². The van der Waals surface area contributed by atoms with Gasteiger partial charge in [0.15, 0.2) is 0 Å². The fourth-order valence-electron chi connectivity index (χ4n) is 2.46. The van der Waals surface area contributed by atoms with Gasteiger partial charge in [-0.2, -0.15) is 0 Å². The number of nitrogens with one attached hydrogen (secondary N) is 1. The van der Waals surface area contributed by atoms with Gasteiger partial charge in [-0.05, 0) is 25.3 Å². The molecule has 0 spiro atoms. The Kier molecular flexibility index (Phi) is 5.77. The molecule has 1 heterocycles. The molecule has 3 N–H and O–H groups in total. The summed E-state index contributed by atoms with van der Waals surface area (Å²) in [6.45, 7) is 4.90. The third-order valence-electron chi connectivity index (χ3n) is 3.70. The minimum Gasteiger partial charge on any atom is -0.359 e. The summed E-state index contributed by atoms with van der Waals surface area (Å²) in [4.78, 5) is 13.6. The number of nitrogens with two attached hydrogens (primary N) is 1. The molecule has 0 saturated carbocycles. The molecule has 0 aromatic rings. The zero-order valence-corrected chi connectivity index (χ0v) is 10.5. The molecule has 1 aliphatic heterocycles. The van der Waals surface area contributed by atoms with E-state index in [1.807, 2.05) is 0 Å². The van der Waals surface area contributed by atoms with Gasteiger partial charge in [-0.25, -0.2) is 0 Å². The van der Waals surface area contributed by atoms with E-state index in [1.54, 1.807) is 7.05 Å². The maximum Gasteiger partial charge on any atom is 0.221 e. The number of amides is 1. The van der Waals surface area contributed by atoms with Crippen LogP contribution in [0.25, 0.3) is 0 Å². The first-order valence-corrected chi connectivity index (χ1v) is 6.35. The lowest BCUT2D eigenvalue weighted by Crippen LogP contribution is -2.47. The van der Waals surface area contributed by atoms with E-state index in [0.717, 1.165) is 19.0 Å². The zero-order valence-electron chi connectivity index (χ0n) is 10.5. The Bertz CT molecular complexity index is 220. The van der Waals surface area contributed by atoms with Crippen molar-refractivity contribution in [3.8, 4) is 0 Å². The third kappa shape index (κ3) is 3.76. The van der Waals surface area contributed by atoms with Crippen LogP contribution in [0.2, 0.25) is 0 Å². The van der Waals surface area contributed by atoms with Crippen molar-refractivity contribution < 1.29 is 4.79 Å². The lowest BCUT2D eigenvalue weighted by molar-refractivity contribution is -0.121. The predicted molar refractivity (Wildman–Crippen MR) is 66.1 cm³/mol. The fourth-order valence-corrected chi connectivity index (χ4v) is 2.46. The SMILES string of the molecule is CCC1CCN(CCC(=O)NC)C(CN)C1. The van der Waals surface area contributed by atoms with E-state index in [0.29, 0.717) is 19.0 Å². The van der Waals surface area contributed by atoms with Crippen molar-refractivity contribution >= 4 is 5.91 Å². The highest BCUT2D eigenvalue weighted by atomic mass is 16.1. The van der Waals surface area contributed by atoms with Crippen LogP contribution in [0.3, 0.4) is 0 Å². The summed E-state index contributed by atoms with van der Waals surface area (Å²) < 4.78 is 0. The van der Waals surface area contributed by atoms with Crippen molar-refractivity contribution in [1.29, 1.82) is 0 Å². The topological polar surface area (TPSA) is 58.4 Å². The van der Waals surface area contributed by atoms with Gasteiger partial charge in [0.1, 0.15) is 0 Å². The molecule has 0 aliphatic carbocycles. The lowest BCUT2D eigenvalue weighted by Gasteiger charge is -2.38. The highest BCUT2D eigenvalue weighted by Crippen LogP contribution is 2.24. The Morgan fingerprint density at radius 1 is 1.56 bits per heavy atom. The molecule has 16 heavy (non-hydrogen) atoms. The zero-order chi connectivity index (χ0) is 12.0. The van der Waals surface area contributed by atoms with E-state index < -0.39 is 0 Å². The monoisotopic (exact) mass is 227 g/mol. The van der Waals surface area contributed by atoms with Crippen LogP contribution in [0.1, 0.15) is 32.6 Å². The summed E-state index contributed by atoms with van der Waals surface area (Å²) >= 11 is 0. The number of hydrogen-bond donors (Lipinski definition) is 2. The first kappa shape index (κ1) is 13.5. The van der Waals surface area contributed by atoms with Crippen molar-refractivity contribution in [1.82, 2.24) is 10.2 Å². The molecule has 0 aromatic heterocycles. The summed E-state index contributed by atoms with van der Waals surface area (Å²) in [6.07, 6.45) is 4.28. The average molecular weight is 227 g/mol. The second kappa shape index (κ2) is 6.86. The number of carbonyl (C=O) groups excluding carboxylic acids is 1. The summed E-state index contributed by atoms with van der Waals surface area (Å²) in [6, 6.07) is 0.475. The molecule has 1 saturated heterocycles. The first-order chi connectivity index (χ1) is 7.71. The van der Waals surface area contributed by atoms with E-state index in [9.17, 15) is 4.79 Å². The van der Waals surface area contributed by atoms with Gasteiger partial charge in [0.25, 0.3) is 0 Å². The van der Waals surface area contributed by atoms with Gasteiger partial charge < -0.3 is 11.1 Å². The van der Waals surface area contributed by atoms with Crippen LogP contribution in [0.4, 0.5) is 0 Å². The number of hydrogen-bond acceptors (Lipinski definition) is 3. The van der Waals surface area contributed by atoms with Crippen LogP contribution >= 0.6 is 0 Å². The summed E-state index contributed by atoms with van der Waals surface area (Å²) in [5.41, 5.74) is 5.81. The Morgan fingerprint density at radius 3 is 2.88 bits per heavy atom. The van der Waals surface area contributed by atoms with Gasteiger partial charge in [-0.15, -0.1) is 0 Å².